The van der Waals surface area contributed by atoms with E-state index in [1.54, 1.807) is 17.3 Å². The van der Waals surface area contributed by atoms with E-state index >= 15 is 0 Å². The highest BCUT2D eigenvalue weighted by atomic mass is 16.6. The van der Waals surface area contributed by atoms with Crippen LogP contribution in [-0.2, 0) is 4.74 Å². The Morgan fingerprint density at radius 3 is 2.72 bits per heavy atom. The molecule has 1 saturated heterocycles. The Hall–Kier alpha value is -2.36. The molecule has 2 aromatic rings. The van der Waals surface area contributed by atoms with Crippen molar-refractivity contribution in [2.45, 2.75) is 6.04 Å². The number of para-hydroxylation sites is 1. The number of hydrogen-bond donors (Lipinski definition) is 0. The maximum Gasteiger partial charge on any atom is 0.415 e. The van der Waals surface area contributed by atoms with Crippen molar-refractivity contribution in [1.82, 2.24) is 4.98 Å². The predicted molar refractivity (Wildman–Crippen MR) is 67.2 cm³/mol. The van der Waals surface area contributed by atoms with Crippen molar-refractivity contribution in [3.63, 3.8) is 0 Å². The van der Waals surface area contributed by atoms with Gasteiger partial charge in [-0.25, -0.2) is 4.79 Å². The van der Waals surface area contributed by atoms with Crippen molar-refractivity contribution in [2.24, 2.45) is 0 Å². The van der Waals surface area contributed by atoms with Gasteiger partial charge in [0, 0.05) is 18.1 Å². The molecule has 3 rings (SSSR count). The Morgan fingerprint density at radius 2 is 2.00 bits per heavy atom. The molecule has 0 radical (unpaired) electrons. The number of cyclic esters (lactones) is 1. The molecular formula is C14H12N2O2. The van der Waals surface area contributed by atoms with Crippen molar-refractivity contribution < 1.29 is 9.53 Å². The Morgan fingerprint density at radius 1 is 1.17 bits per heavy atom. The number of amides is 1. The topological polar surface area (TPSA) is 42.4 Å². The highest BCUT2D eigenvalue weighted by molar-refractivity contribution is 5.90. The summed E-state index contributed by atoms with van der Waals surface area (Å²) in [6, 6.07) is 13.2. The van der Waals surface area contributed by atoms with Gasteiger partial charge in [-0.15, -0.1) is 0 Å². The van der Waals surface area contributed by atoms with E-state index in [1.165, 1.54) is 0 Å². The van der Waals surface area contributed by atoms with Crippen molar-refractivity contribution in [1.29, 1.82) is 0 Å². The lowest BCUT2D eigenvalue weighted by molar-refractivity contribution is 0.179. The van der Waals surface area contributed by atoms with Gasteiger partial charge in [-0.2, -0.15) is 0 Å². The molecule has 1 fully saturated rings. The van der Waals surface area contributed by atoms with E-state index in [-0.39, 0.29) is 12.1 Å². The summed E-state index contributed by atoms with van der Waals surface area (Å²) in [6.45, 7) is 0.361. The average molecular weight is 240 g/mol. The third-order valence-electron chi connectivity index (χ3n) is 2.98. The summed E-state index contributed by atoms with van der Waals surface area (Å²) in [5.74, 6) is 0. The SMILES string of the molecule is O=C1OCC(c2cccnc2)N1c1ccccc1. The van der Waals surface area contributed by atoms with Gasteiger partial charge in [-0.1, -0.05) is 24.3 Å². The fourth-order valence-corrected chi connectivity index (χ4v) is 2.11. The van der Waals surface area contributed by atoms with E-state index in [2.05, 4.69) is 4.98 Å². The van der Waals surface area contributed by atoms with Crippen molar-refractivity contribution in [2.75, 3.05) is 11.5 Å². The minimum absolute atomic E-state index is 0.103. The van der Waals surface area contributed by atoms with Crippen LogP contribution >= 0.6 is 0 Å². The number of benzene rings is 1. The van der Waals surface area contributed by atoms with Crippen LogP contribution in [0.2, 0.25) is 0 Å². The molecule has 1 aromatic carbocycles. The molecule has 0 spiro atoms. The second-order valence-electron chi connectivity index (χ2n) is 4.08. The van der Waals surface area contributed by atoms with Crippen LogP contribution in [0, 0.1) is 0 Å². The molecule has 0 aliphatic carbocycles. The zero-order valence-electron chi connectivity index (χ0n) is 9.69. The molecule has 90 valence electrons. The molecule has 4 heteroatoms. The molecule has 0 N–H and O–H groups in total. The van der Waals surface area contributed by atoms with Crippen LogP contribution in [0.1, 0.15) is 11.6 Å². The molecule has 1 amide bonds. The maximum absolute atomic E-state index is 11.8. The van der Waals surface area contributed by atoms with Gasteiger partial charge in [0.2, 0.25) is 0 Å². The third-order valence-corrected chi connectivity index (χ3v) is 2.98. The number of anilines is 1. The van der Waals surface area contributed by atoms with Crippen molar-refractivity contribution in [3.8, 4) is 0 Å². The van der Waals surface area contributed by atoms with Gasteiger partial charge in [0.05, 0.1) is 0 Å². The predicted octanol–water partition coefficient (Wildman–Crippen LogP) is 2.78. The molecule has 1 aliphatic rings. The van der Waals surface area contributed by atoms with Gasteiger partial charge in [0.25, 0.3) is 0 Å². The van der Waals surface area contributed by atoms with Gasteiger partial charge >= 0.3 is 6.09 Å². The standard InChI is InChI=1S/C14H12N2O2/c17-14-16(12-6-2-1-3-7-12)13(10-18-14)11-5-4-8-15-9-11/h1-9,13H,10H2. The van der Waals surface area contributed by atoms with E-state index in [1.807, 2.05) is 42.5 Å². The number of ether oxygens (including phenoxy) is 1. The molecule has 2 heterocycles. The minimum Gasteiger partial charge on any atom is -0.447 e. The number of carbonyl (C=O) groups excluding carboxylic acids is 1. The van der Waals surface area contributed by atoms with Gasteiger partial charge in [-0.05, 0) is 23.8 Å². The van der Waals surface area contributed by atoms with Gasteiger partial charge in [0.1, 0.15) is 12.6 Å². The maximum atomic E-state index is 11.8. The molecule has 1 unspecified atom stereocenters. The summed E-state index contributed by atoms with van der Waals surface area (Å²) in [4.78, 5) is 17.6. The fraction of sp³-hybridized carbons (Fsp3) is 0.143. The first kappa shape index (κ1) is 10.8. The zero-order valence-corrected chi connectivity index (χ0v) is 9.69. The highest BCUT2D eigenvalue weighted by Crippen LogP contribution is 2.32. The minimum atomic E-state index is -0.310. The van der Waals surface area contributed by atoms with E-state index in [9.17, 15) is 4.79 Å². The number of rotatable bonds is 2. The summed E-state index contributed by atoms with van der Waals surface area (Å²) < 4.78 is 5.15. The van der Waals surface area contributed by atoms with Crippen LogP contribution < -0.4 is 4.90 Å². The number of pyridine rings is 1. The van der Waals surface area contributed by atoms with E-state index in [4.69, 9.17) is 4.74 Å². The molecule has 0 bridgehead atoms. The Bertz CT molecular complexity index is 542. The second-order valence-corrected chi connectivity index (χ2v) is 4.08. The van der Waals surface area contributed by atoms with Crippen LogP contribution in [0.4, 0.5) is 10.5 Å². The normalized spacial score (nSPS) is 18.8. The Labute approximate surface area is 105 Å². The number of aromatic nitrogens is 1. The van der Waals surface area contributed by atoms with Gasteiger partial charge < -0.3 is 4.74 Å². The molecule has 1 atom stereocenters. The Balaban J connectivity index is 1.98. The highest BCUT2D eigenvalue weighted by Gasteiger charge is 2.35. The first-order valence-electron chi connectivity index (χ1n) is 5.77. The quantitative estimate of drug-likeness (QED) is 0.810. The molecule has 18 heavy (non-hydrogen) atoms. The largest absolute Gasteiger partial charge is 0.447 e. The van der Waals surface area contributed by atoms with E-state index < -0.39 is 0 Å². The lowest BCUT2D eigenvalue weighted by atomic mass is 10.1. The van der Waals surface area contributed by atoms with Crippen LogP contribution in [-0.4, -0.2) is 17.7 Å². The number of hydrogen-bond acceptors (Lipinski definition) is 3. The van der Waals surface area contributed by atoms with E-state index in [0.717, 1.165) is 11.3 Å². The lowest BCUT2D eigenvalue weighted by Gasteiger charge is -2.21. The first-order chi connectivity index (χ1) is 8.86. The van der Waals surface area contributed by atoms with Crippen LogP contribution in [0.15, 0.2) is 54.9 Å². The Kier molecular flexibility index (Phi) is 2.68. The van der Waals surface area contributed by atoms with Crippen LogP contribution in [0.3, 0.4) is 0 Å². The molecule has 4 nitrogen and oxygen atoms in total. The van der Waals surface area contributed by atoms with Crippen LogP contribution in [0.5, 0.6) is 0 Å². The zero-order chi connectivity index (χ0) is 12.4. The first-order valence-corrected chi connectivity index (χ1v) is 5.77. The van der Waals surface area contributed by atoms with Crippen molar-refractivity contribution in [3.05, 3.63) is 60.4 Å². The molecular weight excluding hydrogens is 228 g/mol. The average Bonchev–Trinajstić information content (AvgIpc) is 2.83. The summed E-state index contributed by atoms with van der Waals surface area (Å²) in [6.07, 6.45) is 3.17. The van der Waals surface area contributed by atoms with E-state index in [0.29, 0.717) is 6.61 Å². The second kappa shape index (κ2) is 4.49. The molecule has 1 aliphatic heterocycles. The fourth-order valence-electron chi connectivity index (χ4n) is 2.11. The number of carbonyl (C=O) groups is 1. The lowest BCUT2D eigenvalue weighted by Crippen LogP contribution is -2.27. The summed E-state index contributed by atoms with van der Waals surface area (Å²) in [5, 5.41) is 0. The summed E-state index contributed by atoms with van der Waals surface area (Å²) >= 11 is 0. The monoisotopic (exact) mass is 240 g/mol. The van der Waals surface area contributed by atoms with Crippen molar-refractivity contribution >= 4 is 11.8 Å². The van der Waals surface area contributed by atoms with Crippen LogP contribution in [0.25, 0.3) is 0 Å². The summed E-state index contributed by atoms with van der Waals surface area (Å²) in [7, 11) is 0. The van der Waals surface area contributed by atoms with Gasteiger partial charge in [-0.3, -0.25) is 9.88 Å². The number of nitrogens with zero attached hydrogens (tertiary/aromatic N) is 2. The molecule has 0 saturated carbocycles. The molecule has 1 aromatic heterocycles. The summed E-state index contributed by atoms with van der Waals surface area (Å²) in [5.41, 5.74) is 1.82. The third kappa shape index (κ3) is 1.82. The van der Waals surface area contributed by atoms with Gasteiger partial charge in [0.15, 0.2) is 0 Å². The smallest absolute Gasteiger partial charge is 0.415 e.